The molecule has 4 nitrogen and oxygen atoms in total. The van der Waals surface area contributed by atoms with Gasteiger partial charge >= 0.3 is 0 Å². The van der Waals surface area contributed by atoms with Crippen LogP contribution < -0.4 is 4.90 Å². The molecule has 1 aromatic heterocycles. The highest BCUT2D eigenvalue weighted by atomic mass is 15.2. The molecule has 90 valence electrons. The number of anilines is 2. The number of benzene rings is 1. The lowest BCUT2D eigenvalue weighted by Crippen LogP contribution is -2.13. The first-order valence-corrected chi connectivity index (χ1v) is 5.65. The van der Waals surface area contributed by atoms with Crippen LogP contribution in [0.4, 0.5) is 11.5 Å². The van der Waals surface area contributed by atoms with Crippen molar-refractivity contribution in [2.24, 2.45) is 0 Å². The smallest absolute Gasteiger partial charge is 0.158 e. The first-order chi connectivity index (χ1) is 8.61. The molecular weight excluding hydrogens is 224 g/mol. The maximum Gasteiger partial charge on any atom is 0.158 e. The number of aromatic nitrogens is 2. The summed E-state index contributed by atoms with van der Waals surface area (Å²) in [5, 5.41) is 8.69. The van der Waals surface area contributed by atoms with Crippen LogP contribution in [0.25, 0.3) is 0 Å². The van der Waals surface area contributed by atoms with Crippen molar-refractivity contribution in [2.75, 3.05) is 11.9 Å². The van der Waals surface area contributed by atoms with E-state index in [2.05, 4.69) is 42.0 Å². The molecule has 2 rings (SSSR count). The van der Waals surface area contributed by atoms with Gasteiger partial charge in [-0.3, -0.25) is 0 Å². The van der Waals surface area contributed by atoms with E-state index >= 15 is 0 Å². The molecule has 0 unspecified atom stereocenters. The Labute approximate surface area is 107 Å². The van der Waals surface area contributed by atoms with E-state index in [9.17, 15) is 0 Å². The summed E-state index contributed by atoms with van der Waals surface area (Å²) < 4.78 is 0. The summed E-state index contributed by atoms with van der Waals surface area (Å²) in [6.07, 6.45) is 3.09. The van der Waals surface area contributed by atoms with Crippen LogP contribution in [0.15, 0.2) is 30.6 Å². The SMILES string of the molecule is Cc1ccc(N(C)c2cnc(C#N)cn2)c(C)c1. The van der Waals surface area contributed by atoms with Crippen molar-refractivity contribution in [3.8, 4) is 6.07 Å². The molecule has 0 saturated carbocycles. The van der Waals surface area contributed by atoms with Crippen LogP contribution in [-0.2, 0) is 0 Å². The van der Waals surface area contributed by atoms with Gasteiger partial charge in [0, 0.05) is 12.7 Å². The summed E-state index contributed by atoms with van der Waals surface area (Å²) in [7, 11) is 1.94. The molecule has 18 heavy (non-hydrogen) atoms. The summed E-state index contributed by atoms with van der Waals surface area (Å²) in [6.45, 7) is 4.13. The first-order valence-electron chi connectivity index (χ1n) is 5.65. The molecule has 0 N–H and O–H groups in total. The first kappa shape index (κ1) is 12.1. The Kier molecular flexibility index (Phi) is 3.24. The van der Waals surface area contributed by atoms with Crippen molar-refractivity contribution >= 4 is 11.5 Å². The van der Waals surface area contributed by atoms with E-state index in [0.717, 1.165) is 11.5 Å². The molecule has 0 aliphatic heterocycles. The van der Waals surface area contributed by atoms with Gasteiger partial charge in [0.05, 0.1) is 12.4 Å². The van der Waals surface area contributed by atoms with Crippen LogP contribution in [0.5, 0.6) is 0 Å². The number of hydrogen-bond acceptors (Lipinski definition) is 4. The quantitative estimate of drug-likeness (QED) is 0.807. The van der Waals surface area contributed by atoms with Crippen LogP contribution in [0, 0.1) is 25.2 Å². The molecule has 0 aliphatic carbocycles. The summed E-state index contributed by atoms with van der Waals surface area (Å²) in [4.78, 5) is 10.2. The Morgan fingerprint density at radius 3 is 2.50 bits per heavy atom. The van der Waals surface area contributed by atoms with Gasteiger partial charge in [-0.05, 0) is 25.5 Å². The third kappa shape index (κ3) is 2.30. The van der Waals surface area contributed by atoms with Crippen molar-refractivity contribution in [3.05, 3.63) is 47.4 Å². The maximum absolute atomic E-state index is 8.69. The summed E-state index contributed by atoms with van der Waals surface area (Å²) in [6, 6.07) is 8.21. The Balaban J connectivity index is 2.35. The summed E-state index contributed by atoms with van der Waals surface area (Å²) in [5.74, 6) is 0.723. The van der Waals surface area contributed by atoms with Crippen LogP contribution in [-0.4, -0.2) is 17.0 Å². The van der Waals surface area contributed by atoms with E-state index in [4.69, 9.17) is 5.26 Å². The molecule has 1 aromatic carbocycles. The maximum atomic E-state index is 8.69. The third-order valence-electron chi connectivity index (χ3n) is 2.81. The number of rotatable bonds is 2. The zero-order valence-electron chi connectivity index (χ0n) is 10.7. The number of nitriles is 1. The summed E-state index contributed by atoms with van der Waals surface area (Å²) in [5.41, 5.74) is 3.83. The Hall–Kier alpha value is -2.41. The van der Waals surface area contributed by atoms with Gasteiger partial charge in [0.15, 0.2) is 11.5 Å². The van der Waals surface area contributed by atoms with Crippen molar-refractivity contribution in [1.82, 2.24) is 9.97 Å². The van der Waals surface area contributed by atoms with Gasteiger partial charge in [0.25, 0.3) is 0 Å². The molecule has 0 aliphatic rings. The van der Waals surface area contributed by atoms with Gasteiger partial charge in [-0.1, -0.05) is 17.7 Å². The van der Waals surface area contributed by atoms with Crippen molar-refractivity contribution in [1.29, 1.82) is 5.26 Å². The van der Waals surface area contributed by atoms with E-state index < -0.39 is 0 Å². The lowest BCUT2D eigenvalue weighted by molar-refractivity contribution is 1.07. The van der Waals surface area contributed by atoms with Crippen molar-refractivity contribution in [3.63, 3.8) is 0 Å². The lowest BCUT2D eigenvalue weighted by Gasteiger charge is -2.20. The molecule has 0 bridgehead atoms. The fourth-order valence-electron chi connectivity index (χ4n) is 1.86. The van der Waals surface area contributed by atoms with Crippen molar-refractivity contribution < 1.29 is 0 Å². The van der Waals surface area contributed by atoms with Crippen LogP contribution in [0.2, 0.25) is 0 Å². The Morgan fingerprint density at radius 1 is 1.17 bits per heavy atom. The second-order valence-corrected chi connectivity index (χ2v) is 4.22. The minimum absolute atomic E-state index is 0.327. The second-order valence-electron chi connectivity index (χ2n) is 4.22. The highest BCUT2D eigenvalue weighted by Crippen LogP contribution is 2.25. The molecule has 0 radical (unpaired) electrons. The van der Waals surface area contributed by atoms with E-state index in [1.54, 1.807) is 6.20 Å². The zero-order valence-corrected chi connectivity index (χ0v) is 10.7. The highest BCUT2D eigenvalue weighted by molar-refractivity contribution is 5.62. The normalized spacial score (nSPS) is 9.89. The molecule has 0 spiro atoms. The van der Waals surface area contributed by atoms with E-state index in [-0.39, 0.29) is 0 Å². The standard InChI is InChI=1S/C14H14N4/c1-10-4-5-13(11(2)6-10)18(3)14-9-16-12(7-15)8-17-14/h4-6,8-9H,1-3H3. The largest absolute Gasteiger partial charge is 0.328 e. The van der Waals surface area contributed by atoms with E-state index in [1.165, 1.54) is 17.3 Å². The molecular formula is C14H14N4. The number of aryl methyl sites for hydroxylation is 2. The molecule has 0 atom stereocenters. The second kappa shape index (κ2) is 4.84. The highest BCUT2D eigenvalue weighted by Gasteiger charge is 2.08. The predicted molar refractivity (Wildman–Crippen MR) is 70.7 cm³/mol. The molecule has 0 saturated heterocycles. The molecule has 0 fully saturated rings. The Morgan fingerprint density at radius 2 is 1.94 bits per heavy atom. The van der Waals surface area contributed by atoms with Gasteiger partial charge in [-0.2, -0.15) is 5.26 Å². The monoisotopic (exact) mass is 238 g/mol. The molecule has 1 heterocycles. The molecule has 2 aromatic rings. The fourth-order valence-corrected chi connectivity index (χ4v) is 1.86. The predicted octanol–water partition coefficient (Wildman–Crippen LogP) is 2.73. The van der Waals surface area contributed by atoms with Gasteiger partial charge in [-0.25, -0.2) is 9.97 Å². The molecule has 4 heteroatoms. The van der Waals surface area contributed by atoms with Crippen LogP contribution in [0.1, 0.15) is 16.8 Å². The van der Waals surface area contributed by atoms with E-state index in [1.807, 2.05) is 18.0 Å². The van der Waals surface area contributed by atoms with Gasteiger partial charge in [-0.15, -0.1) is 0 Å². The molecule has 0 amide bonds. The lowest BCUT2D eigenvalue weighted by atomic mass is 10.1. The topological polar surface area (TPSA) is 52.8 Å². The third-order valence-corrected chi connectivity index (χ3v) is 2.81. The fraction of sp³-hybridized carbons (Fsp3) is 0.214. The van der Waals surface area contributed by atoms with Crippen LogP contribution >= 0.6 is 0 Å². The minimum atomic E-state index is 0.327. The van der Waals surface area contributed by atoms with Crippen LogP contribution in [0.3, 0.4) is 0 Å². The number of nitrogens with zero attached hydrogens (tertiary/aromatic N) is 4. The van der Waals surface area contributed by atoms with Gasteiger partial charge < -0.3 is 4.90 Å². The van der Waals surface area contributed by atoms with Crippen molar-refractivity contribution in [2.45, 2.75) is 13.8 Å². The van der Waals surface area contributed by atoms with Gasteiger partial charge in [0.1, 0.15) is 6.07 Å². The Bertz CT molecular complexity index is 596. The summed E-state index contributed by atoms with van der Waals surface area (Å²) >= 11 is 0. The van der Waals surface area contributed by atoms with E-state index in [0.29, 0.717) is 5.69 Å². The average Bonchev–Trinajstić information content (AvgIpc) is 2.38. The minimum Gasteiger partial charge on any atom is -0.328 e. The average molecular weight is 238 g/mol. The van der Waals surface area contributed by atoms with Gasteiger partial charge in [0.2, 0.25) is 0 Å². The zero-order chi connectivity index (χ0) is 13.1. The number of hydrogen-bond donors (Lipinski definition) is 0.